The molecule has 0 atom stereocenters. The molecular weight excluding hydrogens is 274 g/mol. The van der Waals surface area contributed by atoms with Crippen molar-refractivity contribution in [1.82, 2.24) is 4.90 Å². The van der Waals surface area contributed by atoms with Crippen molar-refractivity contribution in [3.8, 4) is 17.6 Å². The fraction of sp³-hybridized carbons (Fsp3) is 0.579. The Balaban J connectivity index is 1.58. The van der Waals surface area contributed by atoms with Gasteiger partial charge in [0, 0.05) is 19.5 Å². The predicted octanol–water partition coefficient (Wildman–Crippen LogP) is 2.92. The maximum absolute atomic E-state index is 9.46. The van der Waals surface area contributed by atoms with Crippen molar-refractivity contribution >= 4 is 0 Å². The first-order valence-electron chi connectivity index (χ1n) is 8.21. The molecule has 1 heterocycles. The molecule has 0 radical (unpaired) electrons. The third-order valence-corrected chi connectivity index (χ3v) is 4.25. The monoisotopic (exact) mass is 301 g/mol. The Hall–Kier alpha value is -1.50. The van der Waals surface area contributed by atoms with Gasteiger partial charge in [0.15, 0.2) is 0 Å². The summed E-state index contributed by atoms with van der Waals surface area (Å²) < 4.78 is 5.64. The van der Waals surface area contributed by atoms with Crippen molar-refractivity contribution in [1.29, 1.82) is 0 Å². The fourth-order valence-corrected chi connectivity index (χ4v) is 2.60. The zero-order valence-corrected chi connectivity index (χ0v) is 13.8. The van der Waals surface area contributed by atoms with E-state index in [1.165, 1.54) is 11.1 Å². The van der Waals surface area contributed by atoms with E-state index in [-0.39, 0.29) is 6.10 Å². The largest absolute Gasteiger partial charge is 0.481 e. The highest BCUT2D eigenvalue weighted by atomic mass is 16.5. The van der Waals surface area contributed by atoms with Gasteiger partial charge in [-0.2, -0.15) is 0 Å². The Kier molecular flexibility index (Phi) is 6.76. The molecule has 0 aliphatic carbocycles. The van der Waals surface area contributed by atoms with Gasteiger partial charge in [-0.25, -0.2) is 0 Å². The van der Waals surface area contributed by atoms with Gasteiger partial charge in [0.05, 0.1) is 6.10 Å². The molecular formula is C19H27NO2. The van der Waals surface area contributed by atoms with Crippen LogP contribution >= 0.6 is 0 Å². The van der Waals surface area contributed by atoms with Crippen molar-refractivity contribution in [3.05, 3.63) is 29.3 Å². The second-order valence-electron chi connectivity index (χ2n) is 6.06. The number of nitrogens with zero attached hydrogens (tertiary/aromatic N) is 1. The normalized spacial score (nSPS) is 16.1. The Morgan fingerprint density at radius 2 is 1.95 bits per heavy atom. The minimum Gasteiger partial charge on any atom is -0.481 e. The summed E-state index contributed by atoms with van der Waals surface area (Å²) in [6, 6.07) is 6.13. The molecule has 0 amide bonds. The Labute approximate surface area is 134 Å². The van der Waals surface area contributed by atoms with Gasteiger partial charge in [0.25, 0.3) is 0 Å². The molecule has 3 heteroatoms. The Morgan fingerprint density at radius 1 is 1.18 bits per heavy atom. The summed E-state index contributed by atoms with van der Waals surface area (Å²) in [5.41, 5.74) is 2.53. The summed E-state index contributed by atoms with van der Waals surface area (Å²) in [6.45, 7) is 7.77. The maximum atomic E-state index is 9.46. The quantitative estimate of drug-likeness (QED) is 0.670. The Morgan fingerprint density at radius 3 is 2.68 bits per heavy atom. The minimum atomic E-state index is -0.0846. The summed E-state index contributed by atoms with van der Waals surface area (Å²) in [6.07, 6.45) is 3.74. The zero-order chi connectivity index (χ0) is 15.8. The van der Waals surface area contributed by atoms with Crippen LogP contribution in [0.25, 0.3) is 0 Å². The SMILES string of the molecule is Cc1ccc(OCC#CCCCN2CCC(O)CC2)cc1C. The van der Waals surface area contributed by atoms with Gasteiger partial charge in [-0.15, -0.1) is 0 Å². The number of aliphatic hydroxyl groups is 1. The first kappa shape index (κ1) is 16.9. The average Bonchev–Trinajstić information content (AvgIpc) is 2.51. The van der Waals surface area contributed by atoms with Crippen LogP contribution in [0.15, 0.2) is 18.2 Å². The van der Waals surface area contributed by atoms with Crippen LogP contribution in [-0.2, 0) is 0 Å². The van der Waals surface area contributed by atoms with E-state index in [9.17, 15) is 5.11 Å². The third kappa shape index (κ3) is 5.71. The van der Waals surface area contributed by atoms with Crippen molar-refractivity contribution in [2.24, 2.45) is 0 Å². The van der Waals surface area contributed by atoms with E-state index in [0.29, 0.717) is 6.61 Å². The van der Waals surface area contributed by atoms with Gasteiger partial charge in [0.2, 0.25) is 0 Å². The number of likely N-dealkylation sites (tertiary alicyclic amines) is 1. The smallest absolute Gasteiger partial charge is 0.149 e. The van der Waals surface area contributed by atoms with Gasteiger partial charge in [0.1, 0.15) is 12.4 Å². The first-order valence-corrected chi connectivity index (χ1v) is 8.21. The molecule has 2 rings (SSSR count). The lowest BCUT2D eigenvalue weighted by Gasteiger charge is -2.29. The molecule has 0 aromatic heterocycles. The highest BCUT2D eigenvalue weighted by molar-refractivity contribution is 5.34. The van der Waals surface area contributed by atoms with Gasteiger partial charge >= 0.3 is 0 Å². The van der Waals surface area contributed by atoms with E-state index in [0.717, 1.165) is 51.1 Å². The van der Waals surface area contributed by atoms with Crippen LogP contribution in [0.2, 0.25) is 0 Å². The molecule has 1 fully saturated rings. The molecule has 3 nitrogen and oxygen atoms in total. The van der Waals surface area contributed by atoms with Gasteiger partial charge in [-0.3, -0.25) is 0 Å². The zero-order valence-electron chi connectivity index (χ0n) is 13.8. The van der Waals surface area contributed by atoms with E-state index in [2.05, 4.69) is 42.7 Å². The summed E-state index contributed by atoms with van der Waals surface area (Å²) in [7, 11) is 0. The van der Waals surface area contributed by atoms with E-state index in [1.54, 1.807) is 0 Å². The number of hydrogen-bond donors (Lipinski definition) is 1. The number of benzene rings is 1. The molecule has 0 spiro atoms. The van der Waals surface area contributed by atoms with Crippen LogP contribution in [0.5, 0.6) is 5.75 Å². The number of ether oxygens (including phenoxy) is 1. The standard InChI is InChI=1S/C19H27NO2/c1-16-7-8-19(15-17(16)2)22-14-6-4-3-5-11-20-12-9-18(21)10-13-20/h7-8,15,18,21H,3,5,9-14H2,1-2H3. The summed E-state index contributed by atoms with van der Waals surface area (Å²) >= 11 is 0. The highest BCUT2D eigenvalue weighted by Gasteiger charge is 2.15. The van der Waals surface area contributed by atoms with Crippen LogP contribution in [0.4, 0.5) is 0 Å². The molecule has 1 saturated heterocycles. The molecule has 120 valence electrons. The summed E-state index contributed by atoms with van der Waals surface area (Å²) in [5, 5.41) is 9.46. The summed E-state index contributed by atoms with van der Waals surface area (Å²) in [5.74, 6) is 7.15. The number of piperidine rings is 1. The van der Waals surface area contributed by atoms with Crippen LogP contribution in [0, 0.1) is 25.7 Å². The molecule has 0 unspecified atom stereocenters. The van der Waals surface area contributed by atoms with Crippen LogP contribution in [-0.4, -0.2) is 42.4 Å². The van der Waals surface area contributed by atoms with E-state index >= 15 is 0 Å². The molecule has 1 aromatic rings. The van der Waals surface area contributed by atoms with Crippen molar-refractivity contribution in [2.45, 2.75) is 45.6 Å². The highest BCUT2D eigenvalue weighted by Crippen LogP contribution is 2.16. The maximum Gasteiger partial charge on any atom is 0.149 e. The molecule has 1 aliphatic rings. The molecule has 0 saturated carbocycles. The second kappa shape index (κ2) is 8.82. The van der Waals surface area contributed by atoms with Gasteiger partial charge < -0.3 is 14.7 Å². The average molecular weight is 301 g/mol. The van der Waals surface area contributed by atoms with Crippen molar-refractivity contribution in [2.75, 3.05) is 26.2 Å². The van der Waals surface area contributed by atoms with Crippen molar-refractivity contribution < 1.29 is 9.84 Å². The molecule has 1 N–H and O–H groups in total. The lowest BCUT2D eigenvalue weighted by atomic mass is 10.1. The van der Waals surface area contributed by atoms with E-state index in [4.69, 9.17) is 4.74 Å². The first-order chi connectivity index (χ1) is 10.6. The second-order valence-corrected chi connectivity index (χ2v) is 6.06. The summed E-state index contributed by atoms with van der Waals surface area (Å²) in [4.78, 5) is 2.42. The number of aliphatic hydroxyl groups excluding tert-OH is 1. The lowest BCUT2D eigenvalue weighted by Crippen LogP contribution is -2.36. The number of hydrogen-bond acceptors (Lipinski definition) is 3. The Bertz CT molecular complexity index is 522. The van der Waals surface area contributed by atoms with Crippen LogP contribution in [0.1, 0.15) is 36.8 Å². The van der Waals surface area contributed by atoms with Crippen LogP contribution < -0.4 is 4.74 Å². The van der Waals surface area contributed by atoms with E-state index in [1.807, 2.05) is 6.07 Å². The van der Waals surface area contributed by atoms with E-state index < -0.39 is 0 Å². The minimum absolute atomic E-state index is 0.0846. The van der Waals surface area contributed by atoms with Crippen molar-refractivity contribution in [3.63, 3.8) is 0 Å². The number of aryl methyl sites for hydroxylation is 2. The number of rotatable bonds is 5. The van der Waals surface area contributed by atoms with Gasteiger partial charge in [-0.05, 0) is 62.9 Å². The van der Waals surface area contributed by atoms with Gasteiger partial charge in [-0.1, -0.05) is 17.9 Å². The molecule has 22 heavy (non-hydrogen) atoms. The third-order valence-electron chi connectivity index (χ3n) is 4.25. The fourth-order valence-electron chi connectivity index (χ4n) is 2.60. The molecule has 1 aromatic carbocycles. The molecule has 0 bridgehead atoms. The predicted molar refractivity (Wildman–Crippen MR) is 90.1 cm³/mol. The molecule has 1 aliphatic heterocycles. The number of unbranched alkanes of at least 4 members (excludes halogenated alkanes) is 1. The lowest BCUT2D eigenvalue weighted by molar-refractivity contribution is 0.0823. The topological polar surface area (TPSA) is 32.7 Å². The van der Waals surface area contributed by atoms with Crippen LogP contribution in [0.3, 0.4) is 0 Å².